The summed E-state index contributed by atoms with van der Waals surface area (Å²) in [6.07, 6.45) is 2.32. The van der Waals surface area contributed by atoms with E-state index in [9.17, 15) is 5.11 Å². The third-order valence-corrected chi connectivity index (χ3v) is 3.41. The summed E-state index contributed by atoms with van der Waals surface area (Å²) in [5.41, 5.74) is 1.50. The van der Waals surface area contributed by atoms with Gasteiger partial charge in [0.2, 0.25) is 0 Å². The highest BCUT2D eigenvalue weighted by Gasteiger charge is 2.24. The Morgan fingerprint density at radius 1 is 1.30 bits per heavy atom. The van der Waals surface area contributed by atoms with Crippen molar-refractivity contribution in [3.05, 3.63) is 42.2 Å². The van der Waals surface area contributed by atoms with Crippen LogP contribution in [0, 0.1) is 0 Å². The van der Waals surface area contributed by atoms with E-state index in [1.54, 1.807) is 4.68 Å². The van der Waals surface area contributed by atoms with Gasteiger partial charge in [-0.1, -0.05) is 30.3 Å². The maximum absolute atomic E-state index is 9.65. The maximum atomic E-state index is 9.65. The van der Waals surface area contributed by atoms with E-state index in [1.807, 2.05) is 57.3 Å². The fourth-order valence-electron chi connectivity index (χ4n) is 1.86. The molecule has 2 aromatic rings. The first-order chi connectivity index (χ1) is 9.53. The molecule has 0 saturated carbocycles. The van der Waals surface area contributed by atoms with Crippen LogP contribution in [0.5, 0.6) is 0 Å². The smallest absolute Gasteiger partial charge is 0.103 e. The summed E-state index contributed by atoms with van der Waals surface area (Å²) in [4.78, 5) is 0. The molecule has 108 valence electrons. The first-order valence-corrected chi connectivity index (χ1v) is 6.94. The number of rotatable bonds is 6. The largest absolute Gasteiger partial charge is 0.392 e. The molecule has 0 aliphatic heterocycles. The van der Waals surface area contributed by atoms with E-state index in [1.165, 1.54) is 0 Å². The fourth-order valence-corrected chi connectivity index (χ4v) is 1.86. The van der Waals surface area contributed by atoms with Gasteiger partial charge in [-0.05, 0) is 32.4 Å². The summed E-state index contributed by atoms with van der Waals surface area (Å²) in [5, 5.41) is 21.4. The molecular formula is C15H22N4O. The lowest BCUT2D eigenvalue weighted by Crippen LogP contribution is -2.41. The van der Waals surface area contributed by atoms with Gasteiger partial charge < -0.3 is 10.4 Å². The van der Waals surface area contributed by atoms with E-state index in [2.05, 4.69) is 15.6 Å². The van der Waals surface area contributed by atoms with E-state index in [4.69, 9.17) is 0 Å². The van der Waals surface area contributed by atoms with Crippen LogP contribution in [-0.2, 0) is 5.54 Å². The van der Waals surface area contributed by atoms with Crippen LogP contribution in [0.4, 0.5) is 0 Å². The van der Waals surface area contributed by atoms with Gasteiger partial charge in [0.05, 0.1) is 23.5 Å². The Bertz CT molecular complexity index is 536. The molecule has 1 heterocycles. The highest BCUT2D eigenvalue weighted by Crippen LogP contribution is 2.18. The number of hydrogen-bond acceptors (Lipinski definition) is 4. The Hall–Kier alpha value is -1.72. The van der Waals surface area contributed by atoms with Gasteiger partial charge in [0.1, 0.15) is 5.69 Å². The van der Waals surface area contributed by atoms with Crippen LogP contribution >= 0.6 is 0 Å². The molecule has 0 unspecified atom stereocenters. The molecule has 1 aromatic carbocycles. The molecular weight excluding hydrogens is 252 g/mol. The maximum Gasteiger partial charge on any atom is 0.103 e. The van der Waals surface area contributed by atoms with E-state index in [-0.39, 0.29) is 11.6 Å². The second-order valence-corrected chi connectivity index (χ2v) is 5.45. The third kappa shape index (κ3) is 3.43. The fraction of sp³-hybridized carbons (Fsp3) is 0.467. The summed E-state index contributed by atoms with van der Waals surface area (Å²) < 4.78 is 1.76. The Balaban J connectivity index is 2.11. The zero-order chi connectivity index (χ0) is 14.6. The average molecular weight is 274 g/mol. The number of para-hydroxylation sites is 1. The van der Waals surface area contributed by atoms with E-state index < -0.39 is 0 Å². The van der Waals surface area contributed by atoms with Gasteiger partial charge in [-0.15, -0.1) is 5.10 Å². The molecule has 2 N–H and O–H groups in total. The Morgan fingerprint density at radius 2 is 2.00 bits per heavy atom. The lowest BCUT2D eigenvalue weighted by atomic mass is 10.0. The lowest BCUT2D eigenvalue weighted by molar-refractivity contribution is 0.154. The van der Waals surface area contributed by atoms with Crippen molar-refractivity contribution in [1.82, 2.24) is 20.3 Å². The number of aliphatic hydroxyl groups excluding tert-OH is 1. The van der Waals surface area contributed by atoms with Crippen LogP contribution in [0.3, 0.4) is 0 Å². The van der Waals surface area contributed by atoms with Crippen LogP contribution in [-0.4, -0.2) is 32.7 Å². The summed E-state index contributed by atoms with van der Waals surface area (Å²) in [6, 6.07) is 9.88. The summed E-state index contributed by atoms with van der Waals surface area (Å²) >= 11 is 0. The van der Waals surface area contributed by atoms with Gasteiger partial charge in [0, 0.05) is 6.54 Å². The normalized spacial score (nSPS) is 13.4. The van der Waals surface area contributed by atoms with Crippen LogP contribution in [0.15, 0.2) is 36.5 Å². The van der Waals surface area contributed by atoms with Crippen LogP contribution in [0.25, 0.3) is 5.69 Å². The number of benzene rings is 1. The molecule has 20 heavy (non-hydrogen) atoms. The molecule has 0 spiro atoms. The highest BCUT2D eigenvalue weighted by atomic mass is 16.3. The zero-order valence-electron chi connectivity index (χ0n) is 12.2. The van der Waals surface area contributed by atoms with Crippen molar-refractivity contribution in [1.29, 1.82) is 0 Å². The minimum absolute atomic E-state index is 0.330. The van der Waals surface area contributed by atoms with Gasteiger partial charge >= 0.3 is 0 Å². The molecule has 0 aliphatic rings. The second kappa shape index (κ2) is 6.15. The van der Waals surface area contributed by atoms with Crippen molar-refractivity contribution >= 4 is 0 Å². The van der Waals surface area contributed by atoms with E-state index >= 15 is 0 Å². The van der Waals surface area contributed by atoms with Gasteiger partial charge in [0.15, 0.2) is 0 Å². The molecule has 5 nitrogen and oxygen atoms in total. The minimum atomic E-state index is -0.335. The SMILES string of the molecule is CC[C@@H](O)CNC(C)(C)c1cn(-c2ccccc2)nn1. The predicted octanol–water partition coefficient (Wildman–Crippen LogP) is 1.86. The first-order valence-electron chi connectivity index (χ1n) is 6.94. The molecule has 0 saturated heterocycles. The van der Waals surface area contributed by atoms with E-state index in [0.717, 1.165) is 17.8 Å². The van der Waals surface area contributed by atoms with Crippen molar-refractivity contribution in [3.8, 4) is 5.69 Å². The van der Waals surface area contributed by atoms with E-state index in [0.29, 0.717) is 6.54 Å². The summed E-state index contributed by atoms with van der Waals surface area (Å²) in [6.45, 7) is 6.58. The zero-order valence-corrected chi connectivity index (χ0v) is 12.2. The third-order valence-electron chi connectivity index (χ3n) is 3.41. The Morgan fingerprint density at radius 3 is 2.65 bits per heavy atom. The van der Waals surface area contributed by atoms with Crippen LogP contribution in [0.2, 0.25) is 0 Å². The molecule has 5 heteroatoms. The first kappa shape index (κ1) is 14.7. The van der Waals surface area contributed by atoms with Gasteiger partial charge in [-0.25, -0.2) is 4.68 Å². The number of aliphatic hydroxyl groups is 1. The molecule has 1 atom stereocenters. The number of hydrogen-bond donors (Lipinski definition) is 2. The lowest BCUT2D eigenvalue weighted by Gasteiger charge is -2.25. The quantitative estimate of drug-likeness (QED) is 0.844. The van der Waals surface area contributed by atoms with Gasteiger partial charge in [-0.3, -0.25) is 0 Å². The molecule has 0 fully saturated rings. The van der Waals surface area contributed by atoms with Crippen molar-refractivity contribution in [2.45, 2.75) is 38.8 Å². The number of nitrogens with zero attached hydrogens (tertiary/aromatic N) is 3. The molecule has 0 amide bonds. The Labute approximate surface area is 119 Å². The molecule has 0 bridgehead atoms. The van der Waals surface area contributed by atoms with Crippen molar-refractivity contribution in [3.63, 3.8) is 0 Å². The van der Waals surface area contributed by atoms with Crippen molar-refractivity contribution in [2.75, 3.05) is 6.54 Å². The topological polar surface area (TPSA) is 63.0 Å². The predicted molar refractivity (Wildman–Crippen MR) is 78.7 cm³/mol. The second-order valence-electron chi connectivity index (χ2n) is 5.45. The van der Waals surface area contributed by atoms with Crippen molar-refractivity contribution in [2.24, 2.45) is 0 Å². The van der Waals surface area contributed by atoms with Crippen LogP contribution < -0.4 is 5.32 Å². The molecule has 0 aliphatic carbocycles. The monoisotopic (exact) mass is 274 g/mol. The van der Waals surface area contributed by atoms with Gasteiger partial charge in [-0.2, -0.15) is 0 Å². The molecule has 0 radical (unpaired) electrons. The summed E-state index contributed by atoms with van der Waals surface area (Å²) in [7, 11) is 0. The highest BCUT2D eigenvalue weighted by molar-refractivity contribution is 5.30. The van der Waals surface area contributed by atoms with Crippen LogP contribution in [0.1, 0.15) is 32.9 Å². The molecule has 1 aromatic heterocycles. The number of aromatic nitrogens is 3. The molecule has 2 rings (SSSR count). The Kier molecular flexibility index (Phi) is 4.52. The average Bonchev–Trinajstić information content (AvgIpc) is 2.96. The van der Waals surface area contributed by atoms with Crippen molar-refractivity contribution < 1.29 is 5.11 Å². The minimum Gasteiger partial charge on any atom is -0.392 e. The number of nitrogens with one attached hydrogen (secondary N) is 1. The van der Waals surface area contributed by atoms with Gasteiger partial charge in [0.25, 0.3) is 0 Å². The summed E-state index contributed by atoms with van der Waals surface area (Å²) in [5.74, 6) is 0. The standard InChI is InChI=1S/C15H22N4O/c1-4-13(20)10-16-15(2,3)14-11-19(18-17-14)12-8-6-5-7-9-12/h5-9,11,13,16,20H,4,10H2,1-3H3/t13-/m1/s1.